The SMILES string of the molecule is CC1CN(CC(F)(F)F)CC(CO)O1. The van der Waals surface area contributed by atoms with E-state index in [2.05, 4.69) is 0 Å². The largest absolute Gasteiger partial charge is 0.401 e. The Morgan fingerprint density at radius 3 is 2.57 bits per heavy atom. The molecule has 1 rings (SSSR count). The van der Waals surface area contributed by atoms with E-state index in [-0.39, 0.29) is 25.8 Å². The highest BCUT2D eigenvalue weighted by molar-refractivity contribution is 4.76. The average molecular weight is 213 g/mol. The zero-order valence-corrected chi connectivity index (χ0v) is 7.92. The maximum Gasteiger partial charge on any atom is 0.401 e. The van der Waals surface area contributed by atoms with Crippen LogP contribution in [-0.4, -0.2) is 54.6 Å². The van der Waals surface area contributed by atoms with Gasteiger partial charge in [-0.3, -0.25) is 4.90 Å². The number of hydrogen-bond donors (Lipinski definition) is 1. The Bertz CT molecular complexity index is 186. The van der Waals surface area contributed by atoms with Crippen molar-refractivity contribution in [3.05, 3.63) is 0 Å². The minimum atomic E-state index is -4.18. The van der Waals surface area contributed by atoms with Crippen molar-refractivity contribution in [1.82, 2.24) is 4.90 Å². The fourth-order valence-corrected chi connectivity index (χ4v) is 1.62. The first-order valence-corrected chi connectivity index (χ1v) is 4.46. The second-order valence-electron chi connectivity index (χ2n) is 3.56. The average Bonchev–Trinajstić information content (AvgIpc) is 1.99. The van der Waals surface area contributed by atoms with Gasteiger partial charge in [-0.1, -0.05) is 0 Å². The molecule has 2 atom stereocenters. The molecule has 0 aromatic rings. The highest BCUT2D eigenvalue weighted by Crippen LogP contribution is 2.19. The maximum absolute atomic E-state index is 12.1. The fourth-order valence-electron chi connectivity index (χ4n) is 1.62. The van der Waals surface area contributed by atoms with E-state index in [9.17, 15) is 13.2 Å². The number of rotatable bonds is 2. The lowest BCUT2D eigenvalue weighted by Crippen LogP contribution is -2.50. The summed E-state index contributed by atoms with van der Waals surface area (Å²) in [5, 5.41) is 8.79. The molecule has 0 aromatic heterocycles. The third-order valence-electron chi connectivity index (χ3n) is 2.01. The molecule has 0 amide bonds. The Kier molecular flexibility index (Phi) is 3.74. The zero-order chi connectivity index (χ0) is 10.8. The normalized spacial score (nSPS) is 30.6. The van der Waals surface area contributed by atoms with Crippen molar-refractivity contribution in [3.8, 4) is 0 Å². The molecule has 0 aromatic carbocycles. The Labute approximate surface area is 80.5 Å². The van der Waals surface area contributed by atoms with Crippen LogP contribution in [0.2, 0.25) is 0 Å². The standard InChI is InChI=1S/C8H14F3NO2/c1-6-2-12(5-8(9,10)11)3-7(4-13)14-6/h6-7,13H,2-5H2,1H3. The molecular weight excluding hydrogens is 199 g/mol. The summed E-state index contributed by atoms with van der Waals surface area (Å²) in [4.78, 5) is 1.26. The van der Waals surface area contributed by atoms with Gasteiger partial charge in [-0.2, -0.15) is 13.2 Å². The van der Waals surface area contributed by atoms with E-state index < -0.39 is 18.8 Å². The van der Waals surface area contributed by atoms with Gasteiger partial charge in [0.2, 0.25) is 0 Å². The number of aliphatic hydroxyl groups is 1. The van der Waals surface area contributed by atoms with E-state index in [0.717, 1.165) is 0 Å². The molecule has 0 bridgehead atoms. The molecule has 14 heavy (non-hydrogen) atoms. The topological polar surface area (TPSA) is 32.7 Å². The van der Waals surface area contributed by atoms with E-state index in [1.165, 1.54) is 4.90 Å². The van der Waals surface area contributed by atoms with E-state index in [0.29, 0.717) is 0 Å². The smallest absolute Gasteiger partial charge is 0.394 e. The lowest BCUT2D eigenvalue weighted by atomic mass is 10.2. The van der Waals surface area contributed by atoms with E-state index >= 15 is 0 Å². The van der Waals surface area contributed by atoms with Gasteiger partial charge >= 0.3 is 6.18 Å². The molecule has 0 spiro atoms. The summed E-state index contributed by atoms with van der Waals surface area (Å²) >= 11 is 0. The third-order valence-corrected chi connectivity index (χ3v) is 2.01. The van der Waals surface area contributed by atoms with Crippen LogP contribution in [0.5, 0.6) is 0 Å². The van der Waals surface area contributed by atoms with E-state index in [1.54, 1.807) is 6.92 Å². The summed E-state index contributed by atoms with van der Waals surface area (Å²) in [5.74, 6) is 0. The lowest BCUT2D eigenvalue weighted by molar-refractivity contribution is -0.170. The first-order valence-electron chi connectivity index (χ1n) is 4.46. The van der Waals surface area contributed by atoms with Gasteiger partial charge in [-0.05, 0) is 6.92 Å². The van der Waals surface area contributed by atoms with Crippen LogP contribution in [0.4, 0.5) is 13.2 Å². The summed E-state index contributed by atoms with van der Waals surface area (Å²) < 4.78 is 41.4. The second kappa shape index (κ2) is 4.46. The van der Waals surface area contributed by atoms with Crippen LogP contribution in [0.15, 0.2) is 0 Å². The van der Waals surface area contributed by atoms with Crippen LogP contribution in [0.25, 0.3) is 0 Å². The number of alkyl halides is 3. The molecule has 6 heteroatoms. The Balaban J connectivity index is 2.45. The predicted molar refractivity (Wildman–Crippen MR) is 43.9 cm³/mol. The van der Waals surface area contributed by atoms with Gasteiger partial charge in [0, 0.05) is 13.1 Å². The number of hydrogen-bond acceptors (Lipinski definition) is 3. The van der Waals surface area contributed by atoms with Crippen molar-refractivity contribution in [2.45, 2.75) is 25.3 Å². The van der Waals surface area contributed by atoms with Gasteiger partial charge in [-0.25, -0.2) is 0 Å². The molecule has 2 unspecified atom stereocenters. The van der Waals surface area contributed by atoms with Gasteiger partial charge in [0.1, 0.15) is 0 Å². The molecule has 0 radical (unpaired) electrons. The van der Waals surface area contributed by atoms with Crippen LogP contribution in [0, 0.1) is 0 Å². The summed E-state index contributed by atoms with van der Waals surface area (Å²) in [6.07, 6.45) is -4.94. The molecular formula is C8H14F3NO2. The maximum atomic E-state index is 12.1. The highest BCUT2D eigenvalue weighted by Gasteiger charge is 2.34. The van der Waals surface area contributed by atoms with Crippen molar-refractivity contribution < 1.29 is 23.0 Å². The van der Waals surface area contributed by atoms with Crippen LogP contribution in [0.3, 0.4) is 0 Å². The van der Waals surface area contributed by atoms with Gasteiger partial charge in [0.05, 0.1) is 25.4 Å². The Hall–Kier alpha value is -0.330. The van der Waals surface area contributed by atoms with Crippen molar-refractivity contribution in [2.24, 2.45) is 0 Å². The quantitative estimate of drug-likeness (QED) is 0.730. The highest BCUT2D eigenvalue weighted by atomic mass is 19.4. The van der Waals surface area contributed by atoms with E-state index in [4.69, 9.17) is 9.84 Å². The number of halogens is 3. The van der Waals surface area contributed by atoms with Crippen molar-refractivity contribution >= 4 is 0 Å². The summed E-state index contributed by atoms with van der Waals surface area (Å²) in [6, 6.07) is 0. The van der Waals surface area contributed by atoms with Crippen LogP contribution >= 0.6 is 0 Å². The van der Waals surface area contributed by atoms with Crippen molar-refractivity contribution in [3.63, 3.8) is 0 Å². The monoisotopic (exact) mass is 213 g/mol. The molecule has 1 heterocycles. The summed E-state index contributed by atoms with van der Waals surface area (Å²) in [6.45, 7) is 0.928. The molecule has 1 aliphatic rings. The van der Waals surface area contributed by atoms with Crippen molar-refractivity contribution in [1.29, 1.82) is 0 Å². The number of ether oxygens (including phenoxy) is 1. The molecule has 1 fully saturated rings. The van der Waals surface area contributed by atoms with Gasteiger partial charge in [0.25, 0.3) is 0 Å². The predicted octanol–water partition coefficient (Wildman–Crippen LogP) is 0.630. The fraction of sp³-hybridized carbons (Fsp3) is 1.00. The molecule has 1 N–H and O–H groups in total. The van der Waals surface area contributed by atoms with E-state index in [1.807, 2.05) is 0 Å². The summed E-state index contributed by atoms with van der Waals surface area (Å²) in [5.41, 5.74) is 0. The first-order chi connectivity index (χ1) is 6.40. The first kappa shape index (κ1) is 11.7. The molecule has 0 aliphatic carbocycles. The van der Waals surface area contributed by atoms with Gasteiger partial charge < -0.3 is 9.84 Å². The molecule has 0 saturated carbocycles. The Morgan fingerprint density at radius 2 is 2.07 bits per heavy atom. The molecule has 84 valence electrons. The number of nitrogens with zero attached hydrogens (tertiary/aromatic N) is 1. The minimum absolute atomic E-state index is 0.139. The van der Waals surface area contributed by atoms with Gasteiger partial charge in [0.15, 0.2) is 0 Å². The number of morpholine rings is 1. The van der Waals surface area contributed by atoms with Crippen molar-refractivity contribution in [2.75, 3.05) is 26.2 Å². The Morgan fingerprint density at radius 1 is 1.43 bits per heavy atom. The number of aliphatic hydroxyl groups excluding tert-OH is 1. The van der Waals surface area contributed by atoms with Crippen LogP contribution < -0.4 is 0 Å². The minimum Gasteiger partial charge on any atom is -0.394 e. The summed E-state index contributed by atoms with van der Waals surface area (Å²) in [7, 11) is 0. The molecule has 1 saturated heterocycles. The third kappa shape index (κ3) is 3.81. The lowest BCUT2D eigenvalue weighted by Gasteiger charge is -2.36. The molecule has 1 aliphatic heterocycles. The molecule has 3 nitrogen and oxygen atoms in total. The van der Waals surface area contributed by atoms with Crippen LogP contribution in [-0.2, 0) is 4.74 Å². The zero-order valence-electron chi connectivity index (χ0n) is 7.92. The van der Waals surface area contributed by atoms with Crippen LogP contribution in [0.1, 0.15) is 6.92 Å². The second-order valence-corrected chi connectivity index (χ2v) is 3.56. The van der Waals surface area contributed by atoms with Gasteiger partial charge in [-0.15, -0.1) is 0 Å².